The van der Waals surface area contributed by atoms with Crippen molar-refractivity contribution in [2.75, 3.05) is 6.61 Å². The monoisotopic (exact) mass is 302 g/mol. The highest BCUT2D eigenvalue weighted by molar-refractivity contribution is 5.97. The van der Waals surface area contributed by atoms with Crippen molar-refractivity contribution < 1.29 is 14.3 Å². The summed E-state index contributed by atoms with van der Waals surface area (Å²) < 4.78 is 6.99. The van der Waals surface area contributed by atoms with Gasteiger partial charge in [-0.1, -0.05) is 12.1 Å². The Morgan fingerprint density at radius 2 is 2.14 bits per heavy atom. The number of nitrogens with zero attached hydrogens (tertiary/aromatic N) is 2. The molecule has 2 amide bonds. The van der Waals surface area contributed by atoms with Crippen LogP contribution in [0.4, 0.5) is 0 Å². The van der Waals surface area contributed by atoms with Crippen LogP contribution in [0, 0.1) is 0 Å². The summed E-state index contributed by atoms with van der Waals surface area (Å²) in [6.07, 6.45) is 3.51. The highest BCUT2D eigenvalue weighted by Crippen LogP contribution is 2.17. The highest BCUT2D eigenvalue weighted by Gasteiger charge is 2.15. The van der Waals surface area contributed by atoms with Crippen molar-refractivity contribution in [1.82, 2.24) is 15.1 Å². The van der Waals surface area contributed by atoms with Gasteiger partial charge in [-0.2, -0.15) is 5.10 Å². The smallest absolute Gasteiger partial charge is 0.255 e. The molecule has 0 aliphatic heterocycles. The van der Waals surface area contributed by atoms with Crippen molar-refractivity contribution in [1.29, 1.82) is 0 Å². The number of aromatic nitrogens is 2. The molecule has 0 aliphatic rings. The van der Waals surface area contributed by atoms with Crippen LogP contribution in [0.25, 0.3) is 0 Å². The Morgan fingerprint density at radius 3 is 2.82 bits per heavy atom. The summed E-state index contributed by atoms with van der Waals surface area (Å²) in [6.45, 7) is 2.17. The van der Waals surface area contributed by atoms with E-state index in [2.05, 4.69) is 10.4 Å². The van der Waals surface area contributed by atoms with Crippen molar-refractivity contribution in [2.45, 2.75) is 19.5 Å². The maximum absolute atomic E-state index is 12.3. The number of primary amides is 1. The first-order chi connectivity index (χ1) is 10.6. The Kier molecular flexibility index (Phi) is 5.13. The lowest BCUT2D eigenvalue weighted by atomic mass is 10.1. The van der Waals surface area contributed by atoms with Gasteiger partial charge in [-0.3, -0.25) is 14.3 Å². The summed E-state index contributed by atoms with van der Waals surface area (Å²) in [6, 6.07) is 8.41. The number of hydrogen-bond acceptors (Lipinski definition) is 4. The molecule has 116 valence electrons. The fourth-order valence-corrected chi connectivity index (χ4v) is 1.97. The van der Waals surface area contributed by atoms with Crippen LogP contribution >= 0.6 is 0 Å². The Bertz CT molecular complexity index is 640. The van der Waals surface area contributed by atoms with Crippen molar-refractivity contribution in [3.8, 4) is 5.75 Å². The fraction of sp³-hybridized carbons (Fsp3) is 0.267. The fourth-order valence-electron chi connectivity index (χ4n) is 1.97. The second-order valence-corrected chi connectivity index (χ2v) is 4.85. The first-order valence-corrected chi connectivity index (χ1v) is 6.84. The first-order valence-electron chi connectivity index (χ1n) is 6.84. The van der Waals surface area contributed by atoms with Gasteiger partial charge in [-0.05, 0) is 25.1 Å². The number of carbonyl (C=O) groups excluding carboxylic acids is 2. The van der Waals surface area contributed by atoms with E-state index >= 15 is 0 Å². The average molecular weight is 302 g/mol. The molecule has 22 heavy (non-hydrogen) atoms. The van der Waals surface area contributed by atoms with Gasteiger partial charge in [0.15, 0.2) is 6.61 Å². The lowest BCUT2D eigenvalue weighted by Crippen LogP contribution is -2.36. The second kappa shape index (κ2) is 7.26. The lowest BCUT2D eigenvalue weighted by Gasteiger charge is -2.15. The van der Waals surface area contributed by atoms with Gasteiger partial charge in [0.25, 0.3) is 11.8 Å². The molecule has 2 aromatic rings. The normalized spacial score (nSPS) is 11.7. The zero-order valence-electron chi connectivity index (χ0n) is 12.2. The molecule has 0 fully saturated rings. The number of nitrogens with two attached hydrogens (primary N) is 1. The molecule has 3 N–H and O–H groups in total. The Morgan fingerprint density at radius 1 is 1.36 bits per heavy atom. The highest BCUT2D eigenvalue weighted by atomic mass is 16.5. The number of rotatable bonds is 7. The molecular weight excluding hydrogens is 284 g/mol. The maximum atomic E-state index is 12.3. The van der Waals surface area contributed by atoms with Gasteiger partial charge in [0.05, 0.1) is 12.1 Å². The largest absolute Gasteiger partial charge is 0.483 e. The molecule has 7 nitrogen and oxygen atoms in total. The van der Waals surface area contributed by atoms with E-state index in [1.54, 1.807) is 35.1 Å². The van der Waals surface area contributed by atoms with Crippen LogP contribution in [0.1, 0.15) is 17.3 Å². The molecule has 7 heteroatoms. The molecule has 1 aromatic carbocycles. The third-order valence-corrected chi connectivity index (χ3v) is 2.90. The van der Waals surface area contributed by atoms with Crippen molar-refractivity contribution in [3.05, 3.63) is 48.3 Å². The standard InChI is InChI=1S/C15H18N4O3/c1-11(9-19-8-4-7-17-19)18-15(21)12-5-2-3-6-13(12)22-10-14(16)20/h2-8,11H,9-10H2,1H3,(H2,16,20)(H,18,21)/t11-/m0/s1. The van der Waals surface area contributed by atoms with Gasteiger partial charge >= 0.3 is 0 Å². The summed E-state index contributed by atoms with van der Waals surface area (Å²) >= 11 is 0. The SMILES string of the molecule is C[C@@H](Cn1cccn1)NC(=O)c1ccccc1OCC(N)=O. The molecular formula is C15H18N4O3. The molecule has 0 radical (unpaired) electrons. The average Bonchev–Trinajstić information content (AvgIpc) is 2.98. The van der Waals surface area contributed by atoms with Crippen LogP contribution in [-0.2, 0) is 11.3 Å². The zero-order chi connectivity index (χ0) is 15.9. The molecule has 0 unspecified atom stereocenters. The summed E-state index contributed by atoms with van der Waals surface area (Å²) in [5, 5.41) is 6.96. The summed E-state index contributed by atoms with van der Waals surface area (Å²) in [5.74, 6) is -0.549. The molecule has 2 rings (SSSR count). The van der Waals surface area contributed by atoms with E-state index in [9.17, 15) is 9.59 Å². The molecule has 0 saturated carbocycles. The maximum Gasteiger partial charge on any atom is 0.255 e. The van der Waals surface area contributed by atoms with Crippen LogP contribution < -0.4 is 15.8 Å². The first kappa shape index (κ1) is 15.6. The van der Waals surface area contributed by atoms with Crippen molar-refractivity contribution in [2.24, 2.45) is 5.73 Å². The van der Waals surface area contributed by atoms with Crippen molar-refractivity contribution >= 4 is 11.8 Å². The van der Waals surface area contributed by atoms with E-state index < -0.39 is 5.91 Å². The predicted molar refractivity (Wildman–Crippen MR) is 80.3 cm³/mol. The predicted octanol–water partition coefficient (Wildman–Crippen LogP) is 0.566. The summed E-state index contributed by atoms with van der Waals surface area (Å²) in [4.78, 5) is 23.1. The van der Waals surface area contributed by atoms with Gasteiger partial charge in [0.2, 0.25) is 0 Å². The molecule has 0 saturated heterocycles. The summed E-state index contributed by atoms with van der Waals surface area (Å²) in [7, 11) is 0. The minimum absolute atomic E-state index is 0.114. The number of para-hydroxylation sites is 1. The lowest BCUT2D eigenvalue weighted by molar-refractivity contribution is -0.119. The number of carbonyl (C=O) groups is 2. The van der Waals surface area contributed by atoms with Gasteiger partial charge in [0.1, 0.15) is 5.75 Å². The Labute approximate surface area is 128 Å². The molecule has 1 aromatic heterocycles. The number of ether oxygens (including phenoxy) is 1. The van der Waals surface area contributed by atoms with E-state index in [1.165, 1.54) is 0 Å². The molecule has 0 spiro atoms. The Balaban J connectivity index is 2.01. The number of hydrogen-bond donors (Lipinski definition) is 2. The van der Waals surface area contributed by atoms with E-state index in [0.717, 1.165) is 0 Å². The molecule has 1 atom stereocenters. The molecule has 1 heterocycles. The van der Waals surface area contributed by atoms with Crippen LogP contribution in [0.15, 0.2) is 42.7 Å². The minimum atomic E-state index is -0.595. The van der Waals surface area contributed by atoms with Crippen molar-refractivity contribution in [3.63, 3.8) is 0 Å². The van der Waals surface area contributed by atoms with E-state index in [0.29, 0.717) is 17.9 Å². The van der Waals surface area contributed by atoms with Crippen LogP contribution in [0.5, 0.6) is 5.75 Å². The quantitative estimate of drug-likeness (QED) is 0.781. The van der Waals surface area contributed by atoms with E-state index in [1.807, 2.05) is 19.2 Å². The zero-order valence-corrected chi connectivity index (χ0v) is 12.2. The van der Waals surface area contributed by atoms with Crippen LogP contribution in [0.3, 0.4) is 0 Å². The Hall–Kier alpha value is -2.83. The van der Waals surface area contributed by atoms with E-state index in [-0.39, 0.29) is 18.6 Å². The third-order valence-electron chi connectivity index (χ3n) is 2.90. The second-order valence-electron chi connectivity index (χ2n) is 4.85. The van der Waals surface area contributed by atoms with Crippen LogP contribution in [-0.4, -0.2) is 34.2 Å². The van der Waals surface area contributed by atoms with E-state index in [4.69, 9.17) is 10.5 Å². The minimum Gasteiger partial charge on any atom is -0.483 e. The third kappa shape index (κ3) is 4.34. The summed E-state index contributed by atoms with van der Waals surface area (Å²) in [5.41, 5.74) is 5.41. The van der Waals surface area contributed by atoms with Gasteiger partial charge in [-0.25, -0.2) is 0 Å². The number of nitrogens with one attached hydrogen (secondary N) is 1. The number of benzene rings is 1. The molecule has 0 bridgehead atoms. The van der Waals surface area contributed by atoms with Gasteiger partial charge in [0, 0.05) is 18.4 Å². The molecule has 0 aliphatic carbocycles. The topological polar surface area (TPSA) is 99.2 Å². The van der Waals surface area contributed by atoms with Gasteiger partial charge in [-0.15, -0.1) is 0 Å². The van der Waals surface area contributed by atoms with Gasteiger partial charge < -0.3 is 15.8 Å². The van der Waals surface area contributed by atoms with Crippen LogP contribution in [0.2, 0.25) is 0 Å². The number of amides is 2.